The highest BCUT2D eigenvalue weighted by Crippen LogP contribution is 2.38. The van der Waals surface area contributed by atoms with Gasteiger partial charge in [0.1, 0.15) is 0 Å². The first-order chi connectivity index (χ1) is 9.40. The third kappa shape index (κ3) is 3.15. The molecule has 0 saturated heterocycles. The molecule has 0 aromatic carbocycles. The molecule has 3 atom stereocenters. The van der Waals surface area contributed by atoms with Crippen molar-refractivity contribution >= 4 is 11.9 Å². The molecule has 2 saturated carbocycles. The number of amides is 1. The van der Waals surface area contributed by atoms with Gasteiger partial charge in [-0.25, -0.2) is 0 Å². The predicted octanol–water partition coefficient (Wildman–Crippen LogP) is 2.77. The van der Waals surface area contributed by atoms with Gasteiger partial charge < -0.3 is 10.0 Å². The Hall–Kier alpha value is -1.06. The zero-order chi connectivity index (χ0) is 14.9. The van der Waals surface area contributed by atoms with Crippen LogP contribution >= 0.6 is 0 Å². The Labute approximate surface area is 121 Å². The number of nitrogens with zero attached hydrogens (tertiary/aromatic N) is 1. The molecule has 0 aromatic rings. The molecular formula is C16H27NO3. The van der Waals surface area contributed by atoms with Gasteiger partial charge in [-0.2, -0.15) is 0 Å². The number of carbonyl (C=O) groups is 2. The lowest BCUT2D eigenvalue weighted by atomic mass is 9.85. The van der Waals surface area contributed by atoms with E-state index in [0.717, 1.165) is 25.2 Å². The predicted molar refractivity (Wildman–Crippen MR) is 77.2 cm³/mol. The van der Waals surface area contributed by atoms with Crippen LogP contribution in [-0.4, -0.2) is 35.0 Å². The summed E-state index contributed by atoms with van der Waals surface area (Å²) in [6, 6.07) is 0.309. The molecule has 0 aromatic heterocycles. The lowest BCUT2D eigenvalue weighted by Crippen LogP contribution is -2.44. The maximum absolute atomic E-state index is 12.6. The Balaban J connectivity index is 2.00. The van der Waals surface area contributed by atoms with Gasteiger partial charge in [-0.05, 0) is 50.4 Å². The highest BCUT2D eigenvalue weighted by atomic mass is 16.4. The van der Waals surface area contributed by atoms with Crippen LogP contribution in [0.25, 0.3) is 0 Å². The highest BCUT2D eigenvalue weighted by Gasteiger charge is 2.43. The van der Waals surface area contributed by atoms with Gasteiger partial charge in [-0.1, -0.05) is 13.8 Å². The van der Waals surface area contributed by atoms with Crippen LogP contribution in [0.3, 0.4) is 0 Å². The second kappa shape index (κ2) is 6.15. The third-order valence-corrected chi connectivity index (χ3v) is 5.31. The number of hydrogen-bond donors (Lipinski definition) is 1. The van der Waals surface area contributed by atoms with Crippen molar-refractivity contribution in [3.63, 3.8) is 0 Å². The van der Waals surface area contributed by atoms with Crippen molar-refractivity contribution in [3.05, 3.63) is 0 Å². The van der Waals surface area contributed by atoms with Gasteiger partial charge in [0, 0.05) is 13.1 Å². The van der Waals surface area contributed by atoms with E-state index in [-0.39, 0.29) is 11.8 Å². The summed E-state index contributed by atoms with van der Waals surface area (Å²) in [4.78, 5) is 25.8. The van der Waals surface area contributed by atoms with Crippen molar-refractivity contribution in [2.24, 2.45) is 23.7 Å². The SMILES string of the molecule is CC1CCC(N(C)C(=O)C2CC(C)CC2C(=O)O)CC1. The fraction of sp³-hybridized carbons (Fsp3) is 0.875. The number of carbonyl (C=O) groups excluding carboxylic acids is 1. The van der Waals surface area contributed by atoms with Gasteiger partial charge in [0.25, 0.3) is 0 Å². The minimum atomic E-state index is -0.807. The zero-order valence-corrected chi connectivity index (χ0v) is 12.8. The minimum Gasteiger partial charge on any atom is -0.481 e. The van der Waals surface area contributed by atoms with Crippen LogP contribution < -0.4 is 0 Å². The molecule has 2 rings (SSSR count). The van der Waals surface area contributed by atoms with Crippen molar-refractivity contribution in [2.75, 3.05) is 7.05 Å². The van der Waals surface area contributed by atoms with Crippen LogP contribution in [0.4, 0.5) is 0 Å². The summed E-state index contributed by atoms with van der Waals surface area (Å²) >= 11 is 0. The lowest BCUT2D eigenvalue weighted by Gasteiger charge is -2.35. The van der Waals surface area contributed by atoms with E-state index in [2.05, 4.69) is 6.92 Å². The first-order valence-corrected chi connectivity index (χ1v) is 7.89. The summed E-state index contributed by atoms with van der Waals surface area (Å²) in [6.45, 7) is 4.31. The van der Waals surface area contributed by atoms with E-state index in [4.69, 9.17) is 0 Å². The molecule has 0 radical (unpaired) electrons. The number of carboxylic acid groups (broad SMARTS) is 1. The van der Waals surface area contributed by atoms with Gasteiger partial charge in [-0.3, -0.25) is 9.59 Å². The molecule has 4 nitrogen and oxygen atoms in total. The van der Waals surface area contributed by atoms with Crippen LogP contribution in [0, 0.1) is 23.7 Å². The fourth-order valence-corrected chi connectivity index (χ4v) is 3.91. The summed E-state index contributed by atoms with van der Waals surface area (Å²) in [6.07, 6.45) is 5.83. The maximum atomic E-state index is 12.6. The highest BCUT2D eigenvalue weighted by molar-refractivity contribution is 5.85. The van der Waals surface area contributed by atoms with E-state index in [1.807, 2.05) is 18.9 Å². The summed E-state index contributed by atoms with van der Waals surface area (Å²) in [5.74, 6) is -0.452. The second-order valence-corrected chi connectivity index (χ2v) is 6.99. The zero-order valence-electron chi connectivity index (χ0n) is 12.8. The van der Waals surface area contributed by atoms with E-state index in [1.54, 1.807) is 0 Å². The van der Waals surface area contributed by atoms with E-state index < -0.39 is 11.9 Å². The summed E-state index contributed by atoms with van der Waals surface area (Å²) in [5, 5.41) is 9.31. The topological polar surface area (TPSA) is 57.6 Å². The fourth-order valence-electron chi connectivity index (χ4n) is 3.91. The lowest BCUT2D eigenvalue weighted by molar-refractivity contribution is -0.149. The Morgan fingerprint density at radius 3 is 2.05 bits per heavy atom. The van der Waals surface area contributed by atoms with E-state index in [0.29, 0.717) is 18.4 Å². The van der Waals surface area contributed by atoms with Crippen molar-refractivity contribution in [3.8, 4) is 0 Å². The Kier molecular flexibility index (Phi) is 4.71. The summed E-state index contributed by atoms with van der Waals surface area (Å²) < 4.78 is 0. The third-order valence-electron chi connectivity index (χ3n) is 5.31. The van der Waals surface area contributed by atoms with Crippen LogP contribution in [0.1, 0.15) is 52.4 Å². The molecule has 3 unspecified atom stereocenters. The largest absolute Gasteiger partial charge is 0.481 e. The molecule has 4 heteroatoms. The quantitative estimate of drug-likeness (QED) is 0.865. The van der Waals surface area contributed by atoms with Crippen molar-refractivity contribution in [1.82, 2.24) is 4.90 Å². The smallest absolute Gasteiger partial charge is 0.307 e. The first-order valence-electron chi connectivity index (χ1n) is 7.89. The van der Waals surface area contributed by atoms with Crippen LogP contribution in [0.2, 0.25) is 0 Å². The summed E-state index contributed by atoms with van der Waals surface area (Å²) in [5.41, 5.74) is 0. The normalized spacial score (nSPS) is 37.6. The van der Waals surface area contributed by atoms with E-state index in [9.17, 15) is 14.7 Å². The molecular weight excluding hydrogens is 254 g/mol. The monoisotopic (exact) mass is 281 g/mol. The average Bonchev–Trinajstić information content (AvgIpc) is 2.80. The van der Waals surface area contributed by atoms with E-state index >= 15 is 0 Å². The molecule has 0 heterocycles. The molecule has 0 aliphatic heterocycles. The second-order valence-electron chi connectivity index (χ2n) is 6.99. The van der Waals surface area contributed by atoms with Crippen LogP contribution in [0.15, 0.2) is 0 Å². The maximum Gasteiger partial charge on any atom is 0.307 e. The molecule has 114 valence electrons. The number of rotatable bonds is 3. The van der Waals surface area contributed by atoms with Gasteiger partial charge in [-0.15, -0.1) is 0 Å². The first kappa shape index (κ1) is 15.3. The molecule has 1 N–H and O–H groups in total. The number of aliphatic carboxylic acids is 1. The molecule has 2 aliphatic rings. The molecule has 20 heavy (non-hydrogen) atoms. The Morgan fingerprint density at radius 2 is 1.50 bits per heavy atom. The average molecular weight is 281 g/mol. The van der Waals surface area contributed by atoms with Crippen LogP contribution in [0.5, 0.6) is 0 Å². The van der Waals surface area contributed by atoms with E-state index in [1.165, 1.54) is 12.8 Å². The van der Waals surface area contributed by atoms with Crippen LogP contribution in [-0.2, 0) is 9.59 Å². The Morgan fingerprint density at radius 1 is 0.950 bits per heavy atom. The summed E-state index contributed by atoms with van der Waals surface area (Å²) in [7, 11) is 1.87. The van der Waals surface area contributed by atoms with Gasteiger partial charge in [0.2, 0.25) is 5.91 Å². The molecule has 1 amide bonds. The number of carboxylic acids is 1. The number of hydrogen-bond acceptors (Lipinski definition) is 2. The molecule has 2 fully saturated rings. The minimum absolute atomic E-state index is 0.0568. The standard InChI is InChI=1S/C16H27NO3/c1-10-4-6-12(7-5-10)17(3)15(18)13-8-11(2)9-14(13)16(19)20/h10-14H,4-9H2,1-3H3,(H,19,20). The van der Waals surface area contributed by atoms with Crippen molar-refractivity contribution in [1.29, 1.82) is 0 Å². The van der Waals surface area contributed by atoms with Crippen molar-refractivity contribution in [2.45, 2.75) is 58.4 Å². The molecule has 0 spiro atoms. The molecule has 2 aliphatic carbocycles. The Bertz CT molecular complexity index is 374. The van der Waals surface area contributed by atoms with Gasteiger partial charge in [0.15, 0.2) is 0 Å². The molecule has 0 bridgehead atoms. The van der Waals surface area contributed by atoms with Gasteiger partial charge >= 0.3 is 5.97 Å². The van der Waals surface area contributed by atoms with Crippen molar-refractivity contribution < 1.29 is 14.7 Å². The van der Waals surface area contributed by atoms with Gasteiger partial charge in [0.05, 0.1) is 11.8 Å².